The Hall–Kier alpha value is -0.870. The molecule has 18 heavy (non-hydrogen) atoms. The third-order valence-corrected chi connectivity index (χ3v) is 3.99. The Balaban J connectivity index is 2.70. The largest absolute Gasteiger partial charge is 0.493 e. The minimum absolute atomic E-state index is 0.305. The molecule has 0 fully saturated rings. The minimum atomic E-state index is 0.305. The number of methoxy groups -OCH3 is 2. The fraction of sp³-hybridized carbons (Fsp3) is 0.571. The summed E-state index contributed by atoms with van der Waals surface area (Å²) in [6.07, 6.45) is 2.13. The molecule has 0 aromatic heterocycles. The number of hydrogen-bond donors (Lipinski definition) is 1. The molecule has 0 spiro atoms. The van der Waals surface area contributed by atoms with Gasteiger partial charge >= 0.3 is 0 Å². The Bertz CT molecular complexity index is 371. The maximum Gasteiger partial charge on any atom is 0.161 e. The zero-order valence-corrected chi connectivity index (χ0v) is 12.6. The van der Waals surface area contributed by atoms with Crippen LogP contribution in [-0.4, -0.2) is 32.3 Å². The fourth-order valence-corrected chi connectivity index (χ4v) is 1.93. The highest BCUT2D eigenvalue weighted by atomic mass is 32.2. The summed E-state index contributed by atoms with van der Waals surface area (Å²) >= 11 is 1.87. The molecule has 0 radical (unpaired) electrons. The number of benzene rings is 1. The standard InChI is InChI=1S/C14H23NO2S/c1-10(18-5)9-15-11(2)12-6-7-13(16-3)14(8-12)17-4/h6-8,10-11,15H,9H2,1-5H3. The van der Waals surface area contributed by atoms with Crippen LogP contribution in [0.25, 0.3) is 0 Å². The van der Waals surface area contributed by atoms with E-state index in [0.717, 1.165) is 18.0 Å². The highest BCUT2D eigenvalue weighted by Gasteiger charge is 2.10. The van der Waals surface area contributed by atoms with Crippen LogP contribution in [0.1, 0.15) is 25.5 Å². The predicted octanol–water partition coefficient (Wildman–Crippen LogP) is 3.11. The summed E-state index contributed by atoms with van der Waals surface area (Å²) in [6.45, 7) is 5.38. The van der Waals surface area contributed by atoms with Crippen molar-refractivity contribution < 1.29 is 9.47 Å². The number of ether oxygens (including phenoxy) is 2. The third kappa shape index (κ3) is 4.10. The van der Waals surface area contributed by atoms with Gasteiger partial charge in [0.2, 0.25) is 0 Å². The van der Waals surface area contributed by atoms with E-state index in [1.165, 1.54) is 5.56 Å². The zero-order chi connectivity index (χ0) is 13.5. The third-order valence-electron chi connectivity index (χ3n) is 3.02. The molecule has 0 bridgehead atoms. The van der Waals surface area contributed by atoms with E-state index in [1.54, 1.807) is 14.2 Å². The maximum absolute atomic E-state index is 5.32. The Labute approximate surface area is 114 Å². The Kier molecular flexibility index (Phi) is 6.36. The van der Waals surface area contributed by atoms with E-state index in [4.69, 9.17) is 9.47 Å². The van der Waals surface area contributed by atoms with Gasteiger partial charge in [0, 0.05) is 17.8 Å². The van der Waals surface area contributed by atoms with Crippen molar-refractivity contribution in [1.82, 2.24) is 5.32 Å². The SMILES string of the molecule is COc1ccc(C(C)NCC(C)SC)cc1OC. The lowest BCUT2D eigenvalue weighted by atomic mass is 10.1. The second kappa shape index (κ2) is 7.54. The lowest BCUT2D eigenvalue weighted by Gasteiger charge is -2.18. The van der Waals surface area contributed by atoms with Gasteiger partial charge in [-0.25, -0.2) is 0 Å². The molecule has 0 heterocycles. The summed E-state index contributed by atoms with van der Waals surface area (Å²) < 4.78 is 10.6. The van der Waals surface area contributed by atoms with E-state index in [-0.39, 0.29) is 0 Å². The van der Waals surface area contributed by atoms with Crippen LogP contribution in [0.15, 0.2) is 18.2 Å². The molecule has 2 unspecified atom stereocenters. The first-order valence-electron chi connectivity index (χ1n) is 6.10. The predicted molar refractivity (Wildman–Crippen MR) is 78.9 cm³/mol. The number of hydrogen-bond acceptors (Lipinski definition) is 4. The van der Waals surface area contributed by atoms with Crippen LogP contribution in [0.2, 0.25) is 0 Å². The number of rotatable bonds is 7. The van der Waals surface area contributed by atoms with Crippen LogP contribution in [0.4, 0.5) is 0 Å². The first kappa shape index (κ1) is 15.2. The number of thioether (sulfide) groups is 1. The highest BCUT2D eigenvalue weighted by molar-refractivity contribution is 7.99. The van der Waals surface area contributed by atoms with Crippen LogP contribution >= 0.6 is 11.8 Å². The Morgan fingerprint density at radius 2 is 1.83 bits per heavy atom. The molecule has 2 atom stereocenters. The molecule has 0 saturated carbocycles. The van der Waals surface area contributed by atoms with Crippen LogP contribution in [0.5, 0.6) is 11.5 Å². The van der Waals surface area contributed by atoms with Crippen molar-refractivity contribution in [2.45, 2.75) is 25.1 Å². The molecule has 1 aromatic rings. The molecule has 1 N–H and O–H groups in total. The second-order valence-electron chi connectivity index (χ2n) is 4.29. The first-order valence-corrected chi connectivity index (χ1v) is 7.39. The van der Waals surface area contributed by atoms with Gasteiger partial charge in [-0.05, 0) is 30.9 Å². The van der Waals surface area contributed by atoms with Gasteiger partial charge in [-0.3, -0.25) is 0 Å². The van der Waals surface area contributed by atoms with Gasteiger partial charge < -0.3 is 14.8 Å². The molecule has 4 heteroatoms. The number of nitrogens with one attached hydrogen (secondary N) is 1. The van der Waals surface area contributed by atoms with Crippen molar-refractivity contribution in [2.75, 3.05) is 27.0 Å². The van der Waals surface area contributed by atoms with Gasteiger partial charge in [-0.15, -0.1) is 0 Å². The van der Waals surface area contributed by atoms with E-state index in [2.05, 4.69) is 31.5 Å². The molecule has 0 aliphatic heterocycles. The van der Waals surface area contributed by atoms with E-state index in [0.29, 0.717) is 11.3 Å². The van der Waals surface area contributed by atoms with Gasteiger partial charge in [-0.2, -0.15) is 11.8 Å². The first-order chi connectivity index (χ1) is 8.62. The fourth-order valence-electron chi connectivity index (χ4n) is 1.67. The van der Waals surface area contributed by atoms with Gasteiger partial charge in [0.25, 0.3) is 0 Å². The summed E-state index contributed by atoms with van der Waals surface area (Å²) in [4.78, 5) is 0. The molecule has 102 valence electrons. The highest BCUT2D eigenvalue weighted by Crippen LogP contribution is 2.29. The van der Waals surface area contributed by atoms with Crippen molar-refractivity contribution in [1.29, 1.82) is 0 Å². The molecule has 0 saturated heterocycles. The summed E-state index contributed by atoms with van der Waals surface area (Å²) in [5.74, 6) is 1.55. The summed E-state index contributed by atoms with van der Waals surface area (Å²) in [7, 11) is 3.31. The molecular formula is C14H23NO2S. The summed E-state index contributed by atoms with van der Waals surface area (Å²) in [5.41, 5.74) is 1.21. The van der Waals surface area contributed by atoms with Gasteiger partial charge in [-0.1, -0.05) is 13.0 Å². The topological polar surface area (TPSA) is 30.5 Å². The van der Waals surface area contributed by atoms with Crippen LogP contribution in [0, 0.1) is 0 Å². The van der Waals surface area contributed by atoms with Gasteiger partial charge in [0.1, 0.15) is 0 Å². The van der Waals surface area contributed by atoms with Crippen molar-refractivity contribution in [3.63, 3.8) is 0 Å². The van der Waals surface area contributed by atoms with Gasteiger partial charge in [0.05, 0.1) is 14.2 Å². The molecule has 1 rings (SSSR count). The molecule has 1 aromatic carbocycles. The quantitative estimate of drug-likeness (QED) is 0.824. The Morgan fingerprint density at radius 1 is 1.17 bits per heavy atom. The van der Waals surface area contributed by atoms with Crippen molar-refractivity contribution in [3.8, 4) is 11.5 Å². The molecular weight excluding hydrogens is 246 g/mol. The normalized spacial score (nSPS) is 14.1. The maximum atomic E-state index is 5.32. The van der Waals surface area contributed by atoms with E-state index >= 15 is 0 Å². The monoisotopic (exact) mass is 269 g/mol. The Morgan fingerprint density at radius 3 is 2.39 bits per heavy atom. The van der Waals surface area contributed by atoms with Crippen LogP contribution in [0.3, 0.4) is 0 Å². The molecule has 3 nitrogen and oxygen atoms in total. The average Bonchev–Trinajstić information content (AvgIpc) is 2.43. The lowest BCUT2D eigenvalue weighted by molar-refractivity contribution is 0.354. The smallest absolute Gasteiger partial charge is 0.161 e. The van der Waals surface area contributed by atoms with Crippen molar-refractivity contribution in [2.24, 2.45) is 0 Å². The van der Waals surface area contributed by atoms with E-state index in [1.807, 2.05) is 23.9 Å². The molecule has 0 aliphatic rings. The van der Waals surface area contributed by atoms with Crippen molar-refractivity contribution in [3.05, 3.63) is 23.8 Å². The van der Waals surface area contributed by atoms with E-state index in [9.17, 15) is 0 Å². The van der Waals surface area contributed by atoms with Crippen LogP contribution in [-0.2, 0) is 0 Å². The molecule has 0 aliphatic carbocycles. The summed E-state index contributed by atoms with van der Waals surface area (Å²) in [5, 5.41) is 4.14. The lowest BCUT2D eigenvalue weighted by Crippen LogP contribution is -2.25. The second-order valence-corrected chi connectivity index (χ2v) is 5.57. The van der Waals surface area contributed by atoms with E-state index < -0.39 is 0 Å². The summed E-state index contributed by atoms with van der Waals surface area (Å²) in [6, 6.07) is 6.35. The minimum Gasteiger partial charge on any atom is -0.493 e. The van der Waals surface area contributed by atoms with Gasteiger partial charge in [0.15, 0.2) is 11.5 Å². The average molecular weight is 269 g/mol. The zero-order valence-electron chi connectivity index (χ0n) is 11.8. The van der Waals surface area contributed by atoms with Crippen molar-refractivity contribution >= 4 is 11.8 Å². The molecule has 0 amide bonds. The van der Waals surface area contributed by atoms with Crippen LogP contribution < -0.4 is 14.8 Å².